The zero-order chi connectivity index (χ0) is 7.23. The van der Waals surface area contributed by atoms with Crippen molar-refractivity contribution in [2.75, 3.05) is 12.3 Å². The van der Waals surface area contributed by atoms with Crippen LogP contribution in [0.3, 0.4) is 0 Å². The standard InChI is InChI=1S/C8H15NS/c1-2-10-8-6-4-3-5-7-9-8/h2-7H2,1H3. The van der Waals surface area contributed by atoms with Gasteiger partial charge in [0, 0.05) is 6.54 Å². The van der Waals surface area contributed by atoms with E-state index in [4.69, 9.17) is 0 Å². The summed E-state index contributed by atoms with van der Waals surface area (Å²) < 4.78 is 0. The molecule has 0 saturated carbocycles. The van der Waals surface area contributed by atoms with Crippen molar-refractivity contribution in [1.82, 2.24) is 0 Å². The highest BCUT2D eigenvalue weighted by atomic mass is 32.2. The van der Waals surface area contributed by atoms with Crippen LogP contribution in [0.25, 0.3) is 0 Å². The number of rotatable bonds is 1. The molecule has 10 heavy (non-hydrogen) atoms. The van der Waals surface area contributed by atoms with Gasteiger partial charge in [0.1, 0.15) is 0 Å². The van der Waals surface area contributed by atoms with Crippen LogP contribution in [0.4, 0.5) is 0 Å². The van der Waals surface area contributed by atoms with Crippen LogP contribution in [0, 0.1) is 0 Å². The number of thioether (sulfide) groups is 1. The molecule has 0 aromatic heterocycles. The van der Waals surface area contributed by atoms with Gasteiger partial charge in [0.15, 0.2) is 0 Å². The minimum absolute atomic E-state index is 1.07. The Morgan fingerprint density at radius 1 is 1.40 bits per heavy atom. The summed E-state index contributed by atoms with van der Waals surface area (Å²) in [5, 5.41) is 1.39. The van der Waals surface area contributed by atoms with E-state index in [1.807, 2.05) is 11.8 Å². The van der Waals surface area contributed by atoms with Crippen LogP contribution in [0.1, 0.15) is 32.6 Å². The lowest BCUT2D eigenvalue weighted by Crippen LogP contribution is -1.90. The van der Waals surface area contributed by atoms with Crippen molar-refractivity contribution in [2.45, 2.75) is 32.6 Å². The van der Waals surface area contributed by atoms with E-state index in [-0.39, 0.29) is 0 Å². The Bertz CT molecular complexity index is 120. The molecule has 0 N–H and O–H groups in total. The number of hydrogen-bond acceptors (Lipinski definition) is 2. The topological polar surface area (TPSA) is 12.4 Å². The molecule has 1 aliphatic rings. The molecule has 0 atom stereocenters. The van der Waals surface area contributed by atoms with Crippen LogP contribution in [-0.2, 0) is 0 Å². The van der Waals surface area contributed by atoms with E-state index in [0.717, 1.165) is 6.54 Å². The van der Waals surface area contributed by atoms with Crippen LogP contribution < -0.4 is 0 Å². The largest absolute Gasteiger partial charge is 0.283 e. The predicted molar refractivity (Wildman–Crippen MR) is 48.9 cm³/mol. The van der Waals surface area contributed by atoms with Gasteiger partial charge in [-0.15, -0.1) is 11.8 Å². The lowest BCUT2D eigenvalue weighted by molar-refractivity contribution is 0.732. The molecular weight excluding hydrogens is 142 g/mol. The van der Waals surface area contributed by atoms with Gasteiger partial charge < -0.3 is 0 Å². The van der Waals surface area contributed by atoms with Gasteiger partial charge in [-0.2, -0.15) is 0 Å². The first-order valence-electron chi connectivity index (χ1n) is 4.09. The monoisotopic (exact) mass is 157 g/mol. The molecule has 1 rings (SSSR count). The van der Waals surface area contributed by atoms with Crippen LogP contribution in [-0.4, -0.2) is 17.3 Å². The summed E-state index contributed by atoms with van der Waals surface area (Å²) in [6.07, 6.45) is 5.26. The van der Waals surface area contributed by atoms with Gasteiger partial charge in [-0.1, -0.05) is 13.3 Å². The summed E-state index contributed by atoms with van der Waals surface area (Å²) in [5.74, 6) is 1.18. The molecule has 1 heterocycles. The fourth-order valence-electron chi connectivity index (χ4n) is 1.13. The molecule has 0 aromatic carbocycles. The average molecular weight is 157 g/mol. The first kappa shape index (κ1) is 8.12. The van der Waals surface area contributed by atoms with Gasteiger partial charge in [0.25, 0.3) is 0 Å². The molecule has 0 aromatic rings. The summed E-state index contributed by atoms with van der Waals surface area (Å²) in [5.41, 5.74) is 0. The molecule has 0 radical (unpaired) electrons. The Hall–Kier alpha value is 0.0200. The quantitative estimate of drug-likeness (QED) is 0.570. The maximum Gasteiger partial charge on any atom is 0.0675 e. The van der Waals surface area contributed by atoms with Gasteiger partial charge in [-0.25, -0.2) is 0 Å². The Morgan fingerprint density at radius 2 is 2.30 bits per heavy atom. The first-order chi connectivity index (χ1) is 4.93. The molecule has 58 valence electrons. The highest BCUT2D eigenvalue weighted by Gasteiger charge is 2.02. The van der Waals surface area contributed by atoms with Crippen molar-refractivity contribution in [2.24, 2.45) is 4.99 Å². The van der Waals surface area contributed by atoms with Crippen molar-refractivity contribution in [3.63, 3.8) is 0 Å². The summed E-state index contributed by atoms with van der Waals surface area (Å²) in [7, 11) is 0. The third kappa shape index (κ3) is 2.74. The maximum absolute atomic E-state index is 4.49. The zero-order valence-electron chi connectivity index (χ0n) is 6.60. The van der Waals surface area contributed by atoms with Gasteiger partial charge in [0.05, 0.1) is 5.04 Å². The van der Waals surface area contributed by atoms with Crippen LogP contribution in [0.2, 0.25) is 0 Å². The van der Waals surface area contributed by atoms with E-state index in [1.54, 1.807) is 0 Å². The van der Waals surface area contributed by atoms with Crippen molar-refractivity contribution < 1.29 is 0 Å². The molecule has 1 nitrogen and oxygen atoms in total. The third-order valence-electron chi connectivity index (χ3n) is 1.65. The third-order valence-corrected chi connectivity index (χ3v) is 2.60. The Labute approximate surface area is 67.3 Å². The second-order valence-corrected chi connectivity index (χ2v) is 3.86. The lowest BCUT2D eigenvalue weighted by atomic mass is 10.2. The highest BCUT2D eigenvalue weighted by Crippen LogP contribution is 2.15. The summed E-state index contributed by atoms with van der Waals surface area (Å²) in [4.78, 5) is 4.49. The minimum atomic E-state index is 1.07. The smallest absolute Gasteiger partial charge is 0.0675 e. The summed E-state index contributed by atoms with van der Waals surface area (Å²) in [6, 6.07) is 0. The second kappa shape index (κ2) is 4.78. The van der Waals surface area contributed by atoms with Crippen molar-refractivity contribution in [3.8, 4) is 0 Å². The van der Waals surface area contributed by atoms with Crippen molar-refractivity contribution >= 4 is 16.8 Å². The van der Waals surface area contributed by atoms with E-state index in [0.29, 0.717) is 0 Å². The molecule has 0 aliphatic carbocycles. The lowest BCUT2D eigenvalue weighted by Gasteiger charge is -1.98. The van der Waals surface area contributed by atoms with Crippen molar-refractivity contribution in [3.05, 3.63) is 0 Å². The molecule has 0 amide bonds. The normalized spacial score (nSPS) is 19.9. The molecule has 0 saturated heterocycles. The zero-order valence-corrected chi connectivity index (χ0v) is 7.41. The van der Waals surface area contributed by atoms with Gasteiger partial charge in [-0.05, 0) is 25.0 Å². The molecule has 0 bridgehead atoms. The maximum atomic E-state index is 4.49. The Morgan fingerprint density at radius 3 is 3.10 bits per heavy atom. The van der Waals surface area contributed by atoms with Crippen LogP contribution in [0.15, 0.2) is 4.99 Å². The van der Waals surface area contributed by atoms with Crippen LogP contribution in [0.5, 0.6) is 0 Å². The van der Waals surface area contributed by atoms with E-state index >= 15 is 0 Å². The Kier molecular flexibility index (Phi) is 3.88. The summed E-state index contributed by atoms with van der Waals surface area (Å²) in [6.45, 7) is 3.26. The van der Waals surface area contributed by atoms with Crippen molar-refractivity contribution in [1.29, 1.82) is 0 Å². The fourth-order valence-corrected chi connectivity index (χ4v) is 1.94. The number of aliphatic imine (C=N–C) groups is 1. The van der Waals surface area contributed by atoms with E-state index in [2.05, 4.69) is 11.9 Å². The second-order valence-electron chi connectivity index (χ2n) is 2.52. The molecule has 1 aliphatic heterocycles. The van der Waals surface area contributed by atoms with Gasteiger partial charge in [0.2, 0.25) is 0 Å². The predicted octanol–water partition coefficient (Wildman–Crippen LogP) is 2.71. The molecule has 0 spiro atoms. The highest BCUT2D eigenvalue weighted by molar-refractivity contribution is 8.13. The fraction of sp³-hybridized carbons (Fsp3) is 0.875. The van der Waals surface area contributed by atoms with E-state index < -0.39 is 0 Å². The van der Waals surface area contributed by atoms with E-state index in [9.17, 15) is 0 Å². The van der Waals surface area contributed by atoms with Gasteiger partial charge >= 0.3 is 0 Å². The Balaban J connectivity index is 2.31. The number of hydrogen-bond donors (Lipinski definition) is 0. The minimum Gasteiger partial charge on any atom is -0.283 e. The average Bonchev–Trinajstić information content (AvgIpc) is 2.17. The first-order valence-corrected chi connectivity index (χ1v) is 5.08. The SMILES string of the molecule is CCSC1=NCCCCC1. The molecular formula is C8H15NS. The van der Waals surface area contributed by atoms with E-state index in [1.165, 1.54) is 36.5 Å². The number of nitrogens with zero attached hydrogens (tertiary/aromatic N) is 1. The van der Waals surface area contributed by atoms with Crippen LogP contribution >= 0.6 is 11.8 Å². The molecule has 2 heteroatoms. The summed E-state index contributed by atoms with van der Waals surface area (Å²) >= 11 is 1.92. The molecule has 0 fully saturated rings. The van der Waals surface area contributed by atoms with Gasteiger partial charge in [-0.3, -0.25) is 4.99 Å². The molecule has 0 unspecified atom stereocenters.